The summed E-state index contributed by atoms with van der Waals surface area (Å²) >= 11 is 0. The number of nitrogens with zero attached hydrogens (tertiary/aromatic N) is 1. The molecule has 2 rings (SSSR count). The molecule has 0 aromatic carbocycles. The molecule has 0 spiro atoms. The van der Waals surface area contributed by atoms with Crippen molar-refractivity contribution >= 4 is 16.0 Å². The minimum atomic E-state index is -3.53. The molecule has 0 radical (unpaired) electrons. The zero-order valence-corrected chi connectivity index (χ0v) is 10.7. The number of sulfonamides is 1. The summed E-state index contributed by atoms with van der Waals surface area (Å²) in [6.45, 7) is 2.07. The molecule has 0 bridgehead atoms. The molecule has 0 amide bonds. The van der Waals surface area contributed by atoms with E-state index in [1.165, 1.54) is 11.4 Å². The van der Waals surface area contributed by atoms with E-state index in [2.05, 4.69) is 10.1 Å². The van der Waals surface area contributed by atoms with Gasteiger partial charge in [0.05, 0.1) is 7.11 Å². The van der Waals surface area contributed by atoms with Crippen LogP contribution in [-0.2, 0) is 19.6 Å². The van der Waals surface area contributed by atoms with Crippen molar-refractivity contribution in [2.45, 2.75) is 18.9 Å². The lowest BCUT2D eigenvalue weighted by molar-refractivity contribution is -0.137. The Morgan fingerprint density at radius 3 is 2.94 bits per heavy atom. The average molecular weight is 262 g/mol. The van der Waals surface area contributed by atoms with E-state index >= 15 is 0 Å². The molecule has 2 aliphatic heterocycles. The minimum Gasteiger partial charge on any atom is -0.468 e. The highest BCUT2D eigenvalue weighted by atomic mass is 32.2. The number of ether oxygens (including phenoxy) is 1. The summed E-state index contributed by atoms with van der Waals surface area (Å²) in [6.07, 6.45) is 1.92. The lowest BCUT2D eigenvalue weighted by atomic mass is 9.94. The van der Waals surface area contributed by atoms with Gasteiger partial charge in [0.2, 0.25) is 10.0 Å². The first-order valence-electron chi connectivity index (χ1n) is 5.81. The van der Waals surface area contributed by atoms with Gasteiger partial charge in [-0.15, -0.1) is 0 Å². The minimum absolute atomic E-state index is 0.0124. The third-order valence-electron chi connectivity index (χ3n) is 3.51. The smallest absolute Gasteiger partial charge is 0.322 e. The maximum atomic E-state index is 12.1. The summed E-state index contributed by atoms with van der Waals surface area (Å²) in [7, 11) is -2.33. The number of esters is 1. The fourth-order valence-electron chi connectivity index (χ4n) is 2.66. The standard InChI is InChI=1S/C10H18N2O4S/c1-16-10(13)7-17(14,15)12-4-2-3-8-5-11-6-9(8)12/h8-9,11H,2-7H2,1H3. The number of hydrogen-bond acceptors (Lipinski definition) is 5. The second-order valence-corrected chi connectivity index (χ2v) is 6.49. The second-order valence-electron chi connectivity index (χ2n) is 4.57. The quantitative estimate of drug-likeness (QED) is 0.672. The Kier molecular flexibility index (Phi) is 3.70. The predicted molar refractivity (Wildman–Crippen MR) is 61.9 cm³/mol. The third-order valence-corrected chi connectivity index (χ3v) is 5.28. The van der Waals surface area contributed by atoms with E-state index in [9.17, 15) is 13.2 Å². The molecule has 0 aliphatic carbocycles. The van der Waals surface area contributed by atoms with Gasteiger partial charge < -0.3 is 10.1 Å². The molecule has 2 aliphatic rings. The molecule has 2 saturated heterocycles. The van der Waals surface area contributed by atoms with E-state index in [1.54, 1.807) is 0 Å². The number of methoxy groups -OCH3 is 1. The fourth-order valence-corrected chi connectivity index (χ4v) is 4.31. The Morgan fingerprint density at radius 1 is 1.47 bits per heavy atom. The van der Waals surface area contributed by atoms with Crippen molar-refractivity contribution in [3.05, 3.63) is 0 Å². The van der Waals surface area contributed by atoms with E-state index in [4.69, 9.17) is 0 Å². The zero-order valence-electron chi connectivity index (χ0n) is 9.89. The Labute approximate surface area is 101 Å². The topological polar surface area (TPSA) is 75.7 Å². The summed E-state index contributed by atoms with van der Waals surface area (Å²) in [6, 6.07) is 0.0124. The molecule has 0 aromatic rings. The van der Waals surface area contributed by atoms with Crippen molar-refractivity contribution in [2.24, 2.45) is 5.92 Å². The largest absolute Gasteiger partial charge is 0.468 e. The van der Waals surface area contributed by atoms with Crippen molar-refractivity contribution in [3.63, 3.8) is 0 Å². The van der Waals surface area contributed by atoms with Crippen LogP contribution in [0.25, 0.3) is 0 Å². The number of rotatable bonds is 3. The number of carbonyl (C=O) groups is 1. The molecule has 0 saturated carbocycles. The van der Waals surface area contributed by atoms with E-state index < -0.39 is 21.7 Å². The highest BCUT2D eigenvalue weighted by molar-refractivity contribution is 7.89. The fraction of sp³-hybridized carbons (Fsp3) is 0.900. The molecule has 6 nitrogen and oxygen atoms in total. The Bertz CT molecular complexity index is 395. The summed E-state index contributed by atoms with van der Waals surface area (Å²) in [5.74, 6) is -0.860. The number of carbonyl (C=O) groups excluding carboxylic acids is 1. The molecule has 2 unspecified atom stereocenters. The third kappa shape index (κ3) is 2.61. The summed E-state index contributed by atoms with van der Waals surface area (Å²) in [5.41, 5.74) is 0. The predicted octanol–water partition coefficient (Wildman–Crippen LogP) is -0.827. The summed E-state index contributed by atoms with van der Waals surface area (Å²) < 4.78 is 30.1. The van der Waals surface area contributed by atoms with Crippen LogP contribution in [0.2, 0.25) is 0 Å². The number of piperidine rings is 1. The first-order chi connectivity index (χ1) is 8.04. The molecular formula is C10H18N2O4S. The van der Waals surface area contributed by atoms with E-state index in [0.29, 0.717) is 19.0 Å². The SMILES string of the molecule is COC(=O)CS(=O)(=O)N1CCCC2CNCC21. The lowest BCUT2D eigenvalue weighted by Gasteiger charge is -2.35. The van der Waals surface area contributed by atoms with Gasteiger partial charge >= 0.3 is 5.97 Å². The average Bonchev–Trinajstić information content (AvgIpc) is 2.75. The molecule has 0 aromatic heterocycles. The van der Waals surface area contributed by atoms with Gasteiger partial charge in [0.15, 0.2) is 5.75 Å². The molecule has 1 N–H and O–H groups in total. The van der Waals surface area contributed by atoms with Crippen LogP contribution in [0.3, 0.4) is 0 Å². The summed E-state index contributed by atoms with van der Waals surface area (Å²) in [4.78, 5) is 11.1. The van der Waals surface area contributed by atoms with Gasteiger partial charge in [-0.25, -0.2) is 8.42 Å². The van der Waals surface area contributed by atoms with Crippen molar-refractivity contribution in [1.29, 1.82) is 0 Å². The van der Waals surface area contributed by atoms with Gasteiger partial charge in [-0.1, -0.05) is 0 Å². The van der Waals surface area contributed by atoms with E-state index in [0.717, 1.165) is 19.4 Å². The first kappa shape index (κ1) is 12.8. The molecule has 2 atom stereocenters. The number of nitrogens with one attached hydrogen (secondary N) is 1. The first-order valence-corrected chi connectivity index (χ1v) is 7.42. The highest BCUT2D eigenvalue weighted by Gasteiger charge is 2.41. The van der Waals surface area contributed by atoms with Crippen LogP contribution in [0.1, 0.15) is 12.8 Å². The molecule has 2 fully saturated rings. The van der Waals surface area contributed by atoms with E-state index in [-0.39, 0.29) is 6.04 Å². The van der Waals surface area contributed by atoms with Crippen LogP contribution < -0.4 is 5.32 Å². The zero-order chi connectivity index (χ0) is 12.5. The van der Waals surface area contributed by atoms with Crippen LogP contribution in [0.15, 0.2) is 0 Å². The van der Waals surface area contributed by atoms with Gasteiger partial charge in [-0.05, 0) is 25.3 Å². The second kappa shape index (κ2) is 4.91. The highest BCUT2D eigenvalue weighted by Crippen LogP contribution is 2.28. The van der Waals surface area contributed by atoms with Crippen LogP contribution in [0.4, 0.5) is 0 Å². The van der Waals surface area contributed by atoms with Crippen molar-refractivity contribution < 1.29 is 17.9 Å². The maximum Gasteiger partial charge on any atom is 0.322 e. The Balaban J connectivity index is 2.12. The molecule has 98 valence electrons. The van der Waals surface area contributed by atoms with Gasteiger partial charge in [-0.3, -0.25) is 4.79 Å². The van der Waals surface area contributed by atoms with Gasteiger partial charge in [0, 0.05) is 19.1 Å². The number of fused-ring (bicyclic) bond motifs is 1. The van der Waals surface area contributed by atoms with Crippen molar-refractivity contribution in [3.8, 4) is 0 Å². The number of hydrogen-bond donors (Lipinski definition) is 1. The molecule has 2 heterocycles. The Morgan fingerprint density at radius 2 is 2.24 bits per heavy atom. The maximum absolute atomic E-state index is 12.1. The monoisotopic (exact) mass is 262 g/mol. The lowest BCUT2D eigenvalue weighted by Crippen LogP contribution is -2.49. The molecule has 17 heavy (non-hydrogen) atoms. The summed E-state index contributed by atoms with van der Waals surface area (Å²) in [5, 5.41) is 3.21. The van der Waals surface area contributed by atoms with Gasteiger partial charge in [0.1, 0.15) is 0 Å². The van der Waals surface area contributed by atoms with Crippen LogP contribution in [0, 0.1) is 5.92 Å². The van der Waals surface area contributed by atoms with Crippen LogP contribution in [-0.4, -0.2) is 57.2 Å². The van der Waals surface area contributed by atoms with Crippen molar-refractivity contribution in [1.82, 2.24) is 9.62 Å². The van der Waals surface area contributed by atoms with Crippen LogP contribution in [0.5, 0.6) is 0 Å². The molecule has 7 heteroatoms. The van der Waals surface area contributed by atoms with Gasteiger partial charge in [0.25, 0.3) is 0 Å². The van der Waals surface area contributed by atoms with Crippen LogP contribution >= 0.6 is 0 Å². The Hall–Kier alpha value is -0.660. The van der Waals surface area contributed by atoms with E-state index in [1.807, 2.05) is 0 Å². The molecular weight excluding hydrogens is 244 g/mol. The van der Waals surface area contributed by atoms with Gasteiger partial charge in [-0.2, -0.15) is 4.31 Å². The normalized spacial score (nSPS) is 29.9. The van der Waals surface area contributed by atoms with Crippen molar-refractivity contribution in [2.75, 3.05) is 32.5 Å².